The van der Waals surface area contributed by atoms with Crippen LogP contribution in [0, 0.1) is 22.2 Å². The van der Waals surface area contributed by atoms with Gasteiger partial charge in [0.15, 0.2) is 6.29 Å². The summed E-state index contributed by atoms with van der Waals surface area (Å²) in [4.78, 5) is 12.8. The van der Waals surface area contributed by atoms with Crippen LogP contribution in [-0.4, -0.2) is 87.1 Å². The minimum absolute atomic E-state index is 0.0242. The fourth-order valence-corrected chi connectivity index (χ4v) is 7.94. The maximum Gasteiger partial charge on any atom is 0.312 e. The van der Waals surface area contributed by atoms with E-state index >= 15 is 0 Å². The Balaban J connectivity index is 1.29. The van der Waals surface area contributed by atoms with Gasteiger partial charge in [-0.3, -0.25) is 4.79 Å². The minimum atomic E-state index is -1.47. The molecule has 9 heteroatoms. The highest BCUT2D eigenvalue weighted by Gasteiger charge is 2.70. The molecule has 0 aromatic carbocycles. The Labute approximate surface area is 206 Å². The maximum atomic E-state index is 12.8. The lowest BCUT2D eigenvalue weighted by Gasteiger charge is -2.61. The van der Waals surface area contributed by atoms with Gasteiger partial charge in [0.25, 0.3) is 0 Å². The highest BCUT2D eigenvalue weighted by atomic mass is 16.7. The molecule has 2 aliphatic heterocycles. The third-order valence-corrected chi connectivity index (χ3v) is 10.2. The van der Waals surface area contributed by atoms with Crippen molar-refractivity contribution in [1.82, 2.24) is 0 Å². The van der Waals surface area contributed by atoms with E-state index in [1.165, 1.54) is 0 Å². The zero-order chi connectivity index (χ0) is 25.4. The minimum Gasteiger partial charge on any atom is -0.457 e. The van der Waals surface area contributed by atoms with Crippen molar-refractivity contribution in [2.75, 3.05) is 13.2 Å². The van der Waals surface area contributed by atoms with Crippen molar-refractivity contribution in [3.63, 3.8) is 0 Å². The molecule has 0 spiro atoms. The monoisotopic (exact) mass is 496 g/mol. The molecule has 4 fully saturated rings. The SMILES string of the molecule is C[C@]1(CCO[C@H]2O[C@H](CO)[C@@H](O)[C@H](O)[C@@H]2O)CC[C@@]2(O)C(=C[C@H]3OC(=O)[C@@]4(C)CCC[C@@]2(C)[C@@H]34)C1. The molecule has 35 heavy (non-hydrogen) atoms. The van der Waals surface area contributed by atoms with E-state index in [9.17, 15) is 30.3 Å². The molecule has 5 rings (SSSR count). The molecule has 3 aliphatic carbocycles. The zero-order valence-corrected chi connectivity index (χ0v) is 20.9. The van der Waals surface area contributed by atoms with Crippen molar-refractivity contribution in [2.24, 2.45) is 22.2 Å². The van der Waals surface area contributed by atoms with Gasteiger partial charge in [0.1, 0.15) is 30.5 Å². The Kier molecular flexibility index (Phi) is 6.19. The summed E-state index contributed by atoms with van der Waals surface area (Å²) >= 11 is 0. The summed E-state index contributed by atoms with van der Waals surface area (Å²) in [6, 6.07) is 0. The van der Waals surface area contributed by atoms with E-state index < -0.39 is 53.7 Å². The number of hydrogen-bond acceptors (Lipinski definition) is 9. The summed E-state index contributed by atoms with van der Waals surface area (Å²) in [5.74, 6) is -0.169. The molecule has 0 aromatic heterocycles. The van der Waals surface area contributed by atoms with Gasteiger partial charge in [0.2, 0.25) is 0 Å². The number of aliphatic hydroxyl groups excluding tert-OH is 4. The van der Waals surface area contributed by atoms with Crippen molar-refractivity contribution in [1.29, 1.82) is 0 Å². The van der Waals surface area contributed by atoms with E-state index in [0.29, 0.717) is 19.3 Å². The first-order chi connectivity index (χ1) is 16.4. The molecule has 0 amide bonds. The highest BCUT2D eigenvalue weighted by molar-refractivity contribution is 5.80. The molecule has 2 saturated carbocycles. The number of carbonyl (C=O) groups is 1. The summed E-state index contributed by atoms with van der Waals surface area (Å²) < 4.78 is 17.1. The summed E-state index contributed by atoms with van der Waals surface area (Å²) in [5, 5.41) is 51.7. The molecule has 9 nitrogen and oxygen atoms in total. The topological polar surface area (TPSA) is 146 Å². The molecule has 2 saturated heterocycles. The van der Waals surface area contributed by atoms with Crippen LogP contribution in [0.4, 0.5) is 0 Å². The summed E-state index contributed by atoms with van der Waals surface area (Å²) in [7, 11) is 0. The molecule has 5 aliphatic rings. The molecule has 2 heterocycles. The van der Waals surface area contributed by atoms with Gasteiger partial charge in [0, 0.05) is 11.3 Å². The van der Waals surface area contributed by atoms with Crippen LogP contribution in [0.5, 0.6) is 0 Å². The second-order valence-electron chi connectivity index (χ2n) is 12.4. The number of aliphatic hydroxyl groups is 5. The van der Waals surface area contributed by atoms with E-state index in [2.05, 4.69) is 13.8 Å². The number of fused-ring (bicyclic) bond motifs is 2. The Bertz CT molecular complexity index is 890. The number of rotatable bonds is 5. The van der Waals surface area contributed by atoms with Gasteiger partial charge in [-0.1, -0.05) is 20.3 Å². The van der Waals surface area contributed by atoms with Crippen LogP contribution in [0.15, 0.2) is 11.6 Å². The van der Waals surface area contributed by atoms with Gasteiger partial charge in [0.05, 0.1) is 24.2 Å². The zero-order valence-electron chi connectivity index (χ0n) is 20.9. The number of ether oxygens (including phenoxy) is 3. The standard InChI is InChI=1S/C26H40O9/c1-23(9-10-33-21-19(30)18(29)17(28)16(13-27)34-21)7-8-26(32)14(12-23)11-15-20-24(2,22(31)35-15)5-4-6-25(20,26)3/h11,15-21,27-30,32H,4-10,12-13H2,1-3H3/t15-,16-,17-,18+,19+,20+,21+,23-,24+,25+,26-/m1/s1. The van der Waals surface area contributed by atoms with E-state index in [4.69, 9.17) is 14.2 Å². The van der Waals surface area contributed by atoms with Crippen molar-refractivity contribution in [3.8, 4) is 0 Å². The van der Waals surface area contributed by atoms with Crippen LogP contribution in [-0.2, 0) is 19.0 Å². The molecule has 0 aromatic rings. The predicted molar refractivity (Wildman–Crippen MR) is 123 cm³/mol. The molecule has 0 bridgehead atoms. The summed E-state index contributed by atoms with van der Waals surface area (Å²) in [6.45, 7) is 6.02. The Morgan fingerprint density at radius 2 is 1.80 bits per heavy atom. The first kappa shape index (κ1) is 25.6. The van der Waals surface area contributed by atoms with E-state index in [1.54, 1.807) is 0 Å². The lowest BCUT2D eigenvalue weighted by Crippen LogP contribution is -2.63. The van der Waals surface area contributed by atoms with Gasteiger partial charge in [-0.05, 0) is 62.5 Å². The fraction of sp³-hybridized carbons (Fsp3) is 0.885. The average molecular weight is 497 g/mol. The highest BCUT2D eigenvalue weighted by Crippen LogP contribution is 2.68. The Morgan fingerprint density at radius 3 is 2.51 bits per heavy atom. The largest absolute Gasteiger partial charge is 0.457 e. The van der Waals surface area contributed by atoms with Gasteiger partial charge in [-0.15, -0.1) is 0 Å². The van der Waals surface area contributed by atoms with E-state index in [0.717, 1.165) is 31.3 Å². The predicted octanol–water partition coefficient (Wildman–Crippen LogP) is 0.792. The molecule has 0 unspecified atom stereocenters. The summed E-state index contributed by atoms with van der Waals surface area (Å²) in [6.07, 6.45) is 0.440. The molecular weight excluding hydrogens is 456 g/mol. The Hall–Kier alpha value is -1.07. The number of esters is 1. The van der Waals surface area contributed by atoms with Crippen LogP contribution < -0.4 is 0 Å². The normalized spacial score (nSPS) is 53.4. The van der Waals surface area contributed by atoms with Gasteiger partial charge >= 0.3 is 5.97 Å². The first-order valence-electron chi connectivity index (χ1n) is 13.0. The molecule has 198 valence electrons. The van der Waals surface area contributed by atoms with Gasteiger partial charge in [-0.25, -0.2) is 0 Å². The van der Waals surface area contributed by atoms with Gasteiger partial charge in [-0.2, -0.15) is 0 Å². The van der Waals surface area contributed by atoms with Crippen LogP contribution in [0.25, 0.3) is 0 Å². The number of hydrogen-bond donors (Lipinski definition) is 5. The maximum absolute atomic E-state index is 12.8. The summed E-state index contributed by atoms with van der Waals surface area (Å²) in [5.41, 5.74) is -1.18. The lowest BCUT2D eigenvalue weighted by molar-refractivity contribution is -0.302. The molecular formula is C26H40O9. The van der Waals surface area contributed by atoms with Crippen LogP contribution in [0.3, 0.4) is 0 Å². The van der Waals surface area contributed by atoms with E-state index in [1.807, 2.05) is 13.0 Å². The fourth-order valence-electron chi connectivity index (χ4n) is 7.94. The quantitative estimate of drug-likeness (QED) is 0.275. The smallest absolute Gasteiger partial charge is 0.312 e. The number of carbonyl (C=O) groups excluding carboxylic acids is 1. The second-order valence-corrected chi connectivity index (χ2v) is 12.4. The third kappa shape index (κ3) is 3.65. The van der Waals surface area contributed by atoms with E-state index in [-0.39, 0.29) is 30.0 Å². The molecule has 5 N–H and O–H groups in total. The van der Waals surface area contributed by atoms with Crippen molar-refractivity contribution in [2.45, 2.75) is 108 Å². The van der Waals surface area contributed by atoms with Crippen LogP contribution in [0.2, 0.25) is 0 Å². The third-order valence-electron chi connectivity index (χ3n) is 10.2. The first-order valence-corrected chi connectivity index (χ1v) is 13.0. The second kappa shape index (κ2) is 8.48. The van der Waals surface area contributed by atoms with Crippen LogP contribution in [0.1, 0.15) is 65.7 Å². The lowest BCUT2D eigenvalue weighted by atomic mass is 9.43. The molecule has 11 atom stereocenters. The van der Waals surface area contributed by atoms with Gasteiger partial charge < -0.3 is 39.7 Å². The van der Waals surface area contributed by atoms with Crippen molar-refractivity contribution < 1.29 is 44.5 Å². The van der Waals surface area contributed by atoms with Crippen molar-refractivity contribution >= 4 is 5.97 Å². The van der Waals surface area contributed by atoms with Crippen molar-refractivity contribution in [3.05, 3.63) is 11.6 Å². The average Bonchev–Trinajstić information content (AvgIpc) is 3.06. The Morgan fingerprint density at radius 1 is 1.06 bits per heavy atom. The molecule has 0 radical (unpaired) electrons. The van der Waals surface area contributed by atoms with Crippen LogP contribution >= 0.6 is 0 Å².